The van der Waals surface area contributed by atoms with E-state index in [0.29, 0.717) is 5.56 Å². The highest BCUT2D eigenvalue weighted by atomic mass is 79.9. The van der Waals surface area contributed by atoms with E-state index in [1.165, 1.54) is 25.7 Å². The van der Waals surface area contributed by atoms with Crippen LogP contribution in [0.5, 0.6) is 5.75 Å². The number of methoxy groups -OCH3 is 1. The van der Waals surface area contributed by atoms with Gasteiger partial charge in [0.05, 0.1) is 12.6 Å². The first-order chi connectivity index (χ1) is 9.60. The van der Waals surface area contributed by atoms with Crippen molar-refractivity contribution < 1.29 is 13.9 Å². The summed E-state index contributed by atoms with van der Waals surface area (Å²) in [5.74, 6) is -0.598. The third-order valence-electron chi connectivity index (χ3n) is 3.86. The molecule has 0 unspecified atom stereocenters. The van der Waals surface area contributed by atoms with E-state index in [0.717, 1.165) is 31.0 Å². The Bertz CT molecular complexity index is 487. The molecule has 2 rings (SSSR count). The van der Waals surface area contributed by atoms with Crippen molar-refractivity contribution >= 4 is 21.8 Å². The molecule has 0 aromatic heterocycles. The van der Waals surface area contributed by atoms with Crippen molar-refractivity contribution in [1.82, 2.24) is 5.32 Å². The Morgan fingerprint density at radius 2 is 2.10 bits per heavy atom. The van der Waals surface area contributed by atoms with Gasteiger partial charge in [-0.2, -0.15) is 0 Å². The van der Waals surface area contributed by atoms with Crippen LogP contribution in [0.2, 0.25) is 0 Å². The van der Waals surface area contributed by atoms with E-state index in [2.05, 4.69) is 21.2 Å². The molecule has 1 N–H and O–H groups in total. The van der Waals surface area contributed by atoms with Gasteiger partial charge in [0.25, 0.3) is 5.91 Å². The number of halogens is 2. The van der Waals surface area contributed by atoms with Crippen molar-refractivity contribution in [2.75, 3.05) is 12.4 Å². The molecule has 1 fully saturated rings. The summed E-state index contributed by atoms with van der Waals surface area (Å²) in [6.45, 7) is 0. The number of nitrogens with one attached hydrogen (secondary N) is 1. The fourth-order valence-corrected chi connectivity index (χ4v) is 3.34. The summed E-state index contributed by atoms with van der Waals surface area (Å²) in [7, 11) is 1.40. The Labute approximate surface area is 127 Å². The molecule has 0 atom stereocenters. The molecule has 1 aromatic carbocycles. The van der Waals surface area contributed by atoms with Crippen molar-refractivity contribution in [3.8, 4) is 5.75 Å². The van der Waals surface area contributed by atoms with Crippen molar-refractivity contribution in [1.29, 1.82) is 0 Å². The number of amides is 1. The molecule has 0 radical (unpaired) electrons. The highest BCUT2D eigenvalue weighted by Gasteiger charge is 2.32. The van der Waals surface area contributed by atoms with Gasteiger partial charge in [0.1, 0.15) is 0 Å². The summed E-state index contributed by atoms with van der Waals surface area (Å²) in [5.41, 5.74) is 0.125. The van der Waals surface area contributed by atoms with Crippen molar-refractivity contribution in [2.24, 2.45) is 0 Å². The number of ether oxygens (including phenoxy) is 1. The van der Waals surface area contributed by atoms with Crippen molar-refractivity contribution in [3.05, 3.63) is 29.6 Å². The van der Waals surface area contributed by atoms with Gasteiger partial charge in [-0.1, -0.05) is 35.2 Å². The number of rotatable bonds is 4. The average Bonchev–Trinajstić information content (AvgIpc) is 2.48. The van der Waals surface area contributed by atoms with Gasteiger partial charge in [-0.15, -0.1) is 0 Å². The van der Waals surface area contributed by atoms with Crippen LogP contribution < -0.4 is 10.1 Å². The number of alkyl halides is 1. The topological polar surface area (TPSA) is 38.3 Å². The predicted molar refractivity (Wildman–Crippen MR) is 80.0 cm³/mol. The van der Waals surface area contributed by atoms with Crippen LogP contribution in [0.15, 0.2) is 18.2 Å². The fourth-order valence-electron chi connectivity index (χ4n) is 2.64. The van der Waals surface area contributed by atoms with Crippen LogP contribution in [0.25, 0.3) is 0 Å². The van der Waals surface area contributed by atoms with Gasteiger partial charge in [-0.3, -0.25) is 4.79 Å². The fraction of sp³-hybridized carbons (Fsp3) is 0.533. The highest BCUT2D eigenvalue weighted by molar-refractivity contribution is 9.09. The van der Waals surface area contributed by atoms with Gasteiger partial charge in [0.2, 0.25) is 0 Å². The summed E-state index contributed by atoms with van der Waals surface area (Å²) in [4.78, 5) is 12.3. The van der Waals surface area contributed by atoms with Crippen LogP contribution in [0.4, 0.5) is 4.39 Å². The molecule has 3 nitrogen and oxygen atoms in total. The Kier molecular flexibility index (Phi) is 5.02. The van der Waals surface area contributed by atoms with E-state index >= 15 is 0 Å². The molecule has 1 aliphatic carbocycles. The maximum atomic E-state index is 13.7. The molecule has 1 aromatic rings. The monoisotopic (exact) mass is 343 g/mol. The lowest BCUT2D eigenvalue weighted by Crippen LogP contribution is -2.51. The van der Waals surface area contributed by atoms with Crippen LogP contribution in [-0.4, -0.2) is 23.9 Å². The molecule has 1 amide bonds. The van der Waals surface area contributed by atoms with Gasteiger partial charge < -0.3 is 10.1 Å². The third kappa shape index (κ3) is 3.32. The summed E-state index contributed by atoms with van der Waals surface area (Å²) >= 11 is 3.50. The summed E-state index contributed by atoms with van der Waals surface area (Å²) in [6, 6.07) is 4.28. The van der Waals surface area contributed by atoms with Crippen molar-refractivity contribution in [2.45, 2.75) is 37.6 Å². The molecule has 20 heavy (non-hydrogen) atoms. The minimum absolute atomic E-state index is 0.148. The Balaban J connectivity index is 2.12. The van der Waals surface area contributed by atoms with Gasteiger partial charge in [0.15, 0.2) is 11.6 Å². The number of carbonyl (C=O) groups excluding carboxylic acids is 1. The number of benzene rings is 1. The SMILES string of the molecule is COc1ccc(C(=O)NC2(CBr)CCCCC2)cc1F. The normalized spacial score (nSPS) is 17.6. The Hall–Kier alpha value is -1.10. The lowest BCUT2D eigenvalue weighted by atomic mass is 9.83. The lowest BCUT2D eigenvalue weighted by molar-refractivity contribution is 0.0886. The standard InChI is InChI=1S/C15H19BrFNO2/c1-20-13-6-5-11(9-12(13)17)14(19)18-15(10-16)7-3-2-4-8-15/h5-6,9H,2-4,7-8,10H2,1H3,(H,18,19). The first-order valence-corrected chi connectivity index (χ1v) is 7.94. The minimum Gasteiger partial charge on any atom is -0.494 e. The molecule has 0 spiro atoms. The van der Waals surface area contributed by atoms with Crippen LogP contribution in [0.1, 0.15) is 42.5 Å². The molecule has 110 valence electrons. The van der Waals surface area contributed by atoms with Crippen LogP contribution in [-0.2, 0) is 0 Å². The van der Waals surface area contributed by atoms with Crippen LogP contribution in [0.3, 0.4) is 0 Å². The zero-order chi connectivity index (χ0) is 14.6. The zero-order valence-electron chi connectivity index (χ0n) is 11.5. The second-order valence-corrected chi connectivity index (χ2v) is 5.84. The maximum Gasteiger partial charge on any atom is 0.251 e. The second kappa shape index (κ2) is 6.57. The predicted octanol–water partition coefficient (Wildman–Crippen LogP) is 3.66. The van der Waals surface area contributed by atoms with Gasteiger partial charge in [0, 0.05) is 10.9 Å². The van der Waals surface area contributed by atoms with E-state index < -0.39 is 5.82 Å². The van der Waals surface area contributed by atoms with E-state index in [1.54, 1.807) is 6.07 Å². The van der Waals surface area contributed by atoms with Gasteiger partial charge in [-0.25, -0.2) is 4.39 Å². The third-order valence-corrected chi connectivity index (χ3v) is 4.93. The summed E-state index contributed by atoms with van der Waals surface area (Å²) < 4.78 is 18.5. The first-order valence-electron chi connectivity index (χ1n) is 6.82. The Morgan fingerprint density at radius 1 is 1.40 bits per heavy atom. The molecular formula is C15H19BrFNO2. The average molecular weight is 344 g/mol. The number of hydrogen-bond acceptors (Lipinski definition) is 2. The maximum absolute atomic E-state index is 13.7. The molecule has 1 saturated carbocycles. The van der Waals surface area contributed by atoms with E-state index in [9.17, 15) is 9.18 Å². The van der Waals surface area contributed by atoms with Crippen LogP contribution >= 0.6 is 15.9 Å². The molecule has 5 heteroatoms. The number of carbonyl (C=O) groups is 1. The molecular weight excluding hydrogens is 325 g/mol. The van der Waals surface area contributed by atoms with E-state index in [1.807, 2.05) is 0 Å². The molecule has 0 heterocycles. The van der Waals surface area contributed by atoms with Gasteiger partial charge in [-0.05, 0) is 31.0 Å². The summed E-state index contributed by atoms with van der Waals surface area (Å²) in [6.07, 6.45) is 5.36. The lowest BCUT2D eigenvalue weighted by Gasteiger charge is -2.36. The highest BCUT2D eigenvalue weighted by Crippen LogP contribution is 2.30. The number of hydrogen-bond donors (Lipinski definition) is 1. The molecule has 0 bridgehead atoms. The Morgan fingerprint density at radius 3 is 2.65 bits per heavy atom. The quantitative estimate of drug-likeness (QED) is 0.847. The van der Waals surface area contributed by atoms with Crippen LogP contribution in [0, 0.1) is 5.82 Å². The zero-order valence-corrected chi connectivity index (χ0v) is 13.1. The summed E-state index contributed by atoms with van der Waals surface area (Å²) in [5, 5.41) is 3.80. The minimum atomic E-state index is -0.517. The molecule has 1 aliphatic rings. The van der Waals surface area contributed by atoms with E-state index in [-0.39, 0.29) is 17.2 Å². The molecule has 0 saturated heterocycles. The smallest absolute Gasteiger partial charge is 0.251 e. The first kappa shape index (κ1) is 15.3. The van der Waals surface area contributed by atoms with Crippen molar-refractivity contribution in [3.63, 3.8) is 0 Å². The second-order valence-electron chi connectivity index (χ2n) is 5.28. The van der Waals surface area contributed by atoms with E-state index in [4.69, 9.17) is 4.74 Å². The largest absolute Gasteiger partial charge is 0.494 e. The molecule has 0 aliphatic heterocycles. The van der Waals surface area contributed by atoms with Gasteiger partial charge >= 0.3 is 0 Å².